The average Bonchev–Trinajstić information content (AvgIpc) is 3.19. The summed E-state index contributed by atoms with van der Waals surface area (Å²) in [6.45, 7) is 4.57. The quantitative estimate of drug-likeness (QED) is 0.370. The topological polar surface area (TPSA) is 53.7 Å². The molecule has 0 spiro atoms. The summed E-state index contributed by atoms with van der Waals surface area (Å²) in [7, 11) is 0. The number of carbonyl (C=O) groups is 1. The molecule has 186 valence electrons. The van der Waals surface area contributed by atoms with Crippen LogP contribution in [0, 0.1) is 6.92 Å². The summed E-state index contributed by atoms with van der Waals surface area (Å²) >= 11 is 5.94. The number of aromatic nitrogens is 3. The highest BCUT2D eigenvalue weighted by Crippen LogP contribution is 2.34. The summed E-state index contributed by atoms with van der Waals surface area (Å²) in [4.78, 5) is 21.9. The molecule has 1 amide bonds. The van der Waals surface area contributed by atoms with Crippen LogP contribution in [0.3, 0.4) is 0 Å². The minimum absolute atomic E-state index is 0.0906. The Balaban J connectivity index is 1.47. The zero-order valence-corrected chi connectivity index (χ0v) is 20.2. The maximum atomic E-state index is 14.0. The molecule has 5 rings (SSSR count). The van der Waals surface area contributed by atoms with Crippen LogP contribution in [0.4, 0.5) is 13.2 Å². The second kappa shape index (κ2) is 9.55. The molecular weight excluding hydrogens is 491 g/mol. The van der Waals surface area contributed by atoms with E-state index in [0.29, 0.717) is 36.8 Å². The first-order valence-corrected chi connectivity index (χ1v) is 11.9. The number of hydrogen-bond donors (Lipinski definition) is 0. The van der Waals surface area contributed by atoms with E-state index in [4.69, 9.17) is 11.6 Å². The molecule has 0 atom stereocenters. The van der Waals surface area contributed by atoms with Crippen molar-refractivity contribution < 1.29 is 18.0 Å². The fourth-order valence-electron chi connectivity index (χ4n) is 4.45. The zero-order chi connectivity index (χ0) is 25.4. The molecule has 6 nitrogen and oxygen atoms in total. The van der Waals surface area contributed by atoms with Gasteiger partial charge in [-0.25, -0.2) is 9.50 Å². The van der Waals surface area contributed by atoms with E-state index in [0.717, 1.165) is 17.1 Å². The molecule has 0 radical (unpaired) electrons. The summed E-state index contributed by atoms with van der Waals surface area (Å²) in [5.41, 5.74) is 0.934. The van der Waals surface area contributed by atoms with Crippen molar-refractivity contribution in [3.8, 4) is 11.3 Å². The largest absolute Gasteiger partial charge is 0.433 e. The monoisotopic (exact) mass is 513 g/mol. The van der Waals surface area contributed by atoms with Crippen LogP contribution in [-0.4, -0.2) is 56.5 Å². The van der Waals surface area contributed by atoms with Crippen molar-refractivity contribution in [1.29, 1.82) is 0 Å². The molecule has 3 heterocycles. The minimum atomic E-state index is -4.69. The molecule has 1 fully saturated rings. The first-order valence-electron chi connectivity index (χ1n) is 11.5. The van der Waals surface area contributed by atoms with Gasteiger partial charge in [-0.3, -0.25) is 9.69 Å². The fraction of sp³-hybridized carbons (Fsp3) is 0.269. The number of fused-ring (bicyclic) bond motifs is 1. The highest BCUT2D eigenvalue weighted by Gasteiger charge is 2.37. The third kappa shape index (κ3) is 4.81. The Morgan fingerprint density at radius 1 is 1.00 bits per heavy atom. The molecule has 0 saturated carbocycles. The Hall–Kier alpha value is -3.43. The molecule has 0 aliphatic carbocycles. The predicted molar refractivity (Wildman–Crippen MR) is 131 cm³/mol. The van der Waals surface area contributed by atoms with Crippen molar-refractivity contribution >= 4 is 23.2 Å². The molecule has 1 saturated heterocycles. The van der Waals surface area contributed by atoms with E-state index in [-0.39, 0.29) is 28.5 Å². The molecule has 1 aliphatic heterocycles. The number of hydrogen-bond acceptors (Lipinski definition) is 4. The predicted octanol–water partition coefficient (Wildman–Crippen LogP) is 5.33. The highest BCUT2D eigenvalue weighted by atomic mass is 35.5. The Morgan fingerprint density at radius 3 is 2.31 bits per heavy atom. The van der Waals surface area contributed by atoms with Crippen molar-refractivity contribution in [2.24, 2.45) is 0 Å². The number of benzene rings is 2. The first kappa shape index (κ1) is 24.3. The lowest BCUT2D eigenvalue weighted by Crippen LogP contribution is -2.48. The van der Waals surface area contributed by atoms with E-state index in [2.05, 4.69) is 27.1 Å². The second-order valence-corrected chi connectivity index (χ2v) is 9.22. The van der Waals surface area contributed by atoms with Crippen molar-refractivity contribution in [3.05, 3.63) is 88.2 Å². The molecule has 4 aromatic rings. The van der Waals surface area contributed by atoms with Gasteiger partial charge in [-0.05, 0) is 30.7 Å². The van der Waals surface area contributed by atoms with E-state index < -0.39 is 11.9 Å². The number of amides is 1. The molecule has 2 aromatic heterocycles. The fourth-order valence-corrected chi connectivity index (χ4v) is 4.58. The number of alkyl halides is 3. The molecule has 1 aliphatic rings. The van der Waals surface area contributed by atoms with Crippen LogP contribution < -0.4 is 0 Å². The lowest BCUT2D eigenvalue weighted by atomic mass is 10.1. The van der Waals surface area contributed by atoms with Gasteiger partial charge in [-0.15, -0.1) is 0 Å². The van der Waals surface area contributed by atoms with Gasteiger partial charge in [0.1, 0.15) is 5.56 Å². The number of carbonyl (C=O) groups excluding carboxylic acids is 1. The van der Waals surface area contributed by atoms with Crippen LogP contribution in [0.2, 0.25) is 5.02 Å². The van der Waals surface area contributed by atoms with Gasteiger partial charge in [-0.2, -0.15) is 18.3 Å². The Kier molecular flexibility index (Phi) is 6.44. The van der Waals surface area contributed by atoms with Crippen LogP contribution in [-0.2, 0) is 12.7 Å². The van der Waals surface area contributed by atoms with E-state index in [1.54, 1.807) is 29.2 Å². The van der Waals surface area contributed by atoms with Crippen LogP contribution in [0.15, 0.2) is 60.7 Å². The summed E-state index contributed by atoms with van der Waals surface area (Å²) in [6, 6.07) is 17.4. The van der Waals surface area contributed by atoms with Crippen molar-refractivity contribution in [1.82, 2.24) is 24.4 Å². The van der Waals surface area contributed by atoms with E-state index in [9.17, 15) is 18.0 Å². The van der Waals surface area contributed by atoms with Gasteiger partial charge in [0, 0.05) is 43.3 Å². The van der Waals surface area contributed by atoms with Crippen molar-refractivity contribution in [2.45, 2.75) is 19.6 Å². The number of aryl methyl sites for hydroxylation is 1. The molecule has 0 bridgehead atoms. The smallest absolute Gasteiger partial charge is 0.336 e. The SMILES string of the molecule is Cc1nn2c(C(F)(F)F)cc(-c3ccc(Cl)cc3)nc2c1C(=O)N1CCN(Cc2ccccc2)CC1. The Morgan fingerprint density at radius 2 is 1.67 bits per heavy atom. The third-order valence-corrected chi connectivity index (χ3v) is 6.57. The zero-order valence-electron chi connectivity index (χ0n) is 19.5. The molecule has 36 heavy (non-hydrogen) atoms. The normalized spacial score (nSPS) is 15.0. The minimum Gasteiger partial charge on any atom is -0.336 e. The lowest BCUT2D eigenvalue weighted by Gasteiger charge is -2.34. The van der Waals surface area contributed by atoms with E-state index >= 15 is 0 Å². The Labute approximate surface area is 210 Å². The molecular formula is C26H23ClF3N5O. The van der Waals surface area contributed by atoms with E-state index in [1.165, 1.54) is 12.5 Å². The standard InChI is InChI=1S/C26H23ClF3N5O/c1-17-23(25(36)34-13-11-33(12-14-34)16-18-5-3-2-4-6-18)24-31-21(19-7-9-20(27)10-8-19)15-22(26(28,29)30)35(24)32-17/h2-10,15H,11-14,16H2,1H3. The third-order valence-electron chi connectivity index (χ3n) is 6.32. The van der Waals surface area contributed by atoms with Crippen molar-refractivity contribution in [3.63, 3.8) is 0 Å². The Bertz CT molecular complexity index is 1400. The van der Waals surface area contributed by atoms with Crippen LogP contribution >= 0.6 is 11.6 Å². The summed E-state index contributed by atoms with van der Waals surface area (Å²) < 4.78 is 42.7. The van der Waals surface area contributed by atoms with Gasteiger partial charge in [0.05, 0.1) is 11.4 Å². The average molecular weight is 514 g/mol. The number of nitrogens with zero attached hydrogens (tertiary/aromatic N) is 5. The maximum Gasteiger partial charge on any atom is 0.433 e. The van der Waals surface area contributed by atoms with Crippen LogP contribution in [0.25, 0.3) is 16.9 Å². The molecule has 0 N–H and O–H groups in total. The number of piperazine rings is 1. The second-order valence-electron chi connectivity index (χ2n) is 8.78. The van der Waals surface area contributed by atoms with Crippen LogP contribution in [0.1, 0.15) is 27.3 Å². The van der Waals surface area contributed by atoms with Gasteiger partial charge >= 0.3 is 6.18 Å². The number of rotatable bonds is 4. The van der Waals surface area contributed by atoms with Crippen molar-refractivity contribution in [2.75, 3.05) is 26.2 Å². The van der Waals surface area contributed by atoms with Gasteiger partial charge in [0.15, 0.2) is 11.3 Å². The van der Waals surface area contributed by atoms with E-state index in [1.807, 2.05) is 18.2 Å². The summed E-state index contributed by atoms with van der Waals surface area (Å²) in [5, 5.41) is 4.53. The number of halogens is 4. The van der Waals surface area contributed by atoms with Gasteiger partial charge < -0.3 is 4.90 Å². The molecule has 10 heteroatoms. The first-order chi connectivity index (χ1) is 17.2. The van der Waals surface area contributed by atoms with Gasteiger partial charge in [-0.1, -0.05) is 54.1 Å². The molecule has 0 unspecified atom stereocenters. The van der Waals surface area contributed by atoms with Gasteiger partial charge in [0.25, 0.3) is 5.91 Å². The summed E-state index contributed by atoms with van der Waals surface area (Å²) in [5.74, 6) is -0.365. The van der Waals surface area contributed by atoms with Crippen LogP contribution in [0.5, 0.6) is 0 Å². The molecule has 2 aromatic carbocycles. The highest BCUT2D eigenvalue weighted by molar-refractivity contribution is 6.30. The maximum absolute atomic E-state index is 14.0. The van der Waals surface area contributed by atoms with Gasteiger partial charge in [0.2, 0.25) is 0 Å². The summed E-state index contributed by atoms with van der Waals surface area (Å²) in [6.07, 6.45) is -4.69. The lowest BCUT2D eigenvalue weighted by molar-refractivity contribution is -0.142.